The minimum atomic E-state index is -1.43. The van der Waals surface area contributed by atoms with E-state index in [1.165, 1.54) is 0 Å². The fourth-order valence-electron chi connectivity index (χ4n) is 1.93. The lowest BCUT2D eigenvalue weighted by atomic mass is 9.70. The smallest absolute Gasteiger partial charge is 0.195 e. The standard InChI is InChI=1S/C10H11N3/c1-8(2)10(3-4-10)9(5-11,6-12)7-13/h8H,3-4H2,1-2H3. The molecule has 0 aromatic carbocycles. The van der Waals surface area contributed by atoms with Crippen LogP contribution < -0.4 is 0 Å². The highest BCUT2D eigenvalue weighted by molar-refractivity contribution is 5.35. The van der Waals surface area contributed by atoms with Crippen molar-refractivity contribution in [2.75, 3.05) is 0 Å². The Morgan fingerprint density at radius 3 is 1.54 bits per heavy atom. The van der Waals surface area contributed by atoms with E-state index in [4.69, 9.17) is 15.8 Å². The second-order valence-electron chi connectivity index (χ2n) is 3.90. The topological polar surface area (TPSA) is 71.4 Å². The number of nitrogens with zero attached hydrogens (tertiary/aromatic N) is 3. The van der Waals surface area contributed by atoms with E-state index in [2.05, 4.69) is 0 Å². The van der Waals surface area contributed by atoms with E-state index in [9.17, 15) is 0 Å². The van der Waals surface area contributed by atoms with Crippen LogP contribution in [0.2, 0.25) is 0 Å². The molecular weight excluding hydrogens is 162 g/mol. The van der Waals surface area contributed by atoms with Crippen LogP contribution >= 0.6 is 0 Å². The molecule has 0 aromatic heterocycles. The van der Waals surface area contributed by atoms with Gasteiger partial charge in [-0.25, -0.2) is 0 Å². The predicted octanol–water partition coefficient (Wildman–Crippen LogP) is 1.98. The molecule has 1 saturated carbocycles. The van der Waals surface area contributed by atoms with Gasteiger partial charge in [-0.15, -0.1) is 0 Å². The van der Waals surface area contributed by atoms with Crippen molar-refractivity contribution in [2.24, 2.45) is 16.7 Å². The first-order chi connectivity index (χ1) is 6.08. The van der Waals surface area contributed by atoms with Crippen molar-refractivity contribution in [2.45, 2.75) is 26.7 Å². The molecule has 0 spiro atoms. The van der Waals surface area contributed by atoms with Crippen LogP contribution in [0.5, 0.6) is 0 Å². The number of hydrogen-bond donors (Lipinski definition) is 0. The van der Waals surface area contributed by atoms with E-state index in [-0.39, 0.29) is 11.3 Å². The Hall–Kier alpha value is -1.53. The fourth-order valence-corrected chi connectivity index (χ4v) is 1.93. The second-order valence-corrected chi connectivity index (χ2v) is 3.90. The Balaban J connectivity index is 3.14. The highest BCUT2D eigenvalue weighted by Crippen LogP contribution is 2.62. The van der Waals surface area contributed by atoms with Crippen LogP contribution in [0.4, 0.5) is 0 Å². The van der Waals surface area contributed by atoms with Crippen molar-refractivity contribution >= 4 is 0 Å². The third-order valence-electron chi connectivity index (χ3n) is 3.14. The van der Waals surface area contributed by atoms with E-state index in [1.54, 1.807) is 0 Å². The average molecular weight is 173 g/mol. The van der Waals surface area contributed by atoms with Crippen LogP contribution in [-0.4, -0.2) is 0 Å². The van der Waals surface area contributed by atoms with Gasteiger partial charge in [0.2, 0.25) is 5.41 Å². The molecule has 0 aromatic rings. The third kappa shape index (κ3) is 0.995. The Bertz CT molecular complexity index is 295. The summed E-state index contributed by atoms with van der Waals surface area (Å²) in [4.78, 5) is 0. The van der Waals surface area contributed by atoms with Gasteiger partial charge in [0.1, 0.15) is 18.2 Å². The van der Waals surface area contributed by atoms with Crippen LogP contribution in [0, 0.1) is 50.7 Å². The van der Waals surface area contributed by atoms with Crippen LogP contribution in [0.1, 0.15) is 26.7 Å². The molecule has 3 nitrogen and oxygen atoms in total. The maximum absolute atomic E-state index is 8.91. The molecule has 1 aliphatic carbocycles. The van der Waals surface area contributed by atoms with Gasteiger partial charge in [0, 0.05) is 5.41 Å². The molecule has 0 amide bonds. The molecule has 1 rings (SSSR count). The maximum Gasteiger partial charge on any atom is 0.234 e. The molecule has 66 valence electrons. The normalized spacial score (nSPS) is 18.5. The Morgan fingerprint density at radius 2 is 1.46 bits per heavy atom. The molecule has 1 aliphatic rings. The summed E-state index contributed by atoms with van der Waals surface area (Å²) in [6, 6.07) is 5.63. The Morgan fingerprint density at radius 1 is 1.08 bits per heavy atom. The van der Waals surface area contributed by atoms with Gasteiger partial charge in [0.05, 0.1) is 0 Å². The molecule has 0 bridgehead atoms. The van der Waals surface area contributed by atoms with Gasteiger partial charge in [-0.05, 0) is 18.8 Å². The highest BCUT2D eigenvalue weighted by atomic mass is 14.6. The molecular formula is C10H11N3. The fraction of sp³-hybridized carbons (Fsp3) is 0.700. The quantitative estimate of drug-likeness (QED) is 0.640. The van der Waals surface area contributed by atoms with Crippen LogP contribution in [0.15, 0.2) is 0 Å². The van der Waals surface area contributed by atoms with Gasteiger partial charge in [-0.2, -0.15) is 15.8 Å². The maximum atomic E-state index is 8.91. The number of hydrogen-bond acceptors (Lipinski definition) is 3. The van der Waals surface area contributed by atoms with Gasteiger partial charge >= 0.3 is 0 Å². The van der Waals surface area contributed by atoms with Gasteiger partial charge in [-0.1, -0.05) is 13.8 Å². The summed E-state index contributed by atoms with van der Waals surface area (Å²) >= 11 is 0. The average Bonchev–Trinajstić information content (AvgIpc) is 2.90. The summed E-state index contributed by atoms with van der Waals surface area (Å²) < 4.78 is 0. The summed E-state index contributed by atoms with van der Waals surface area (Å²) in [7, 11) is 0. The van der Waals surface area contributed by atoms with E-state index in [0.717, 1.165) is 12.8 Å². The van der Waals surface area contributed by atoms with Gasteiger partial charge < -0.3 is 0 Å². The first-order valence-corrected chi connectivity index (χ1v) is 4.32. The summed E-state index contributed by atoms with van der Waals surface area (Å²) in [5.41, 5.74) is -1.80. The summed E-state index contributed by atoms with van der Waals surface area (Å²) in [6.07, 6.45) is 1.64. The molecule has 0 N–H and O–H groups in total. The minimum absolute atomic E-state index is 0.214. The lowest BCUT2D eigenvalue weighted by molar-refractivity contribution is 0.262. The SMILES string of the molecule is CC(C)C1(C(C#N)(C#N)C#N)CC1. The third-order valence-corrected chi connectivity index (χ3v) is 3.14. The molecule has 1 fully saturated rings. The predicted molar refractivity (Wildman–Crippen MR) is 45.8 cm³/mol. The van der Waals surface area contributed by atoms with Crippen LogP contribution in [0.25, 0.3) is 0 Å². The minimum Gasteiger partial charge on any atom is -0.195 e. The van der Waals surface area contributed by atoms with E-state index in [1.807, 2.05) is 32.1 Å². The van der Waals surface area contributed by atoms with E-state index in [0.29, 0.717) is 0 Å². The molecule has 0 radical (unpaired) electrons. The van der Waals surface area contributed by atoms with Crippen LogP contribution in [0.3, 0.4) is 0 Å². The summed E-state index contributed by atoms with van der Waals surface area (Å²) in [5, 5.41) is 26.7. The monoisotopic (exact) mass is 173 g/mol. The van der Waals surface area contributed by atoms with E-state index < -0.39 is 5.41 Å². The molecule has 0 unspecified atom stereocenters. The lowest BCUT2D eigenvalue weighted by Crippen LogP contribution is -2.31. The molecule has 0 saturated heterocycles. The lowest BCUT2D eigenvalue weighted by Gasteiger charge is -2.26. The van der Waals surface area contributed by atoms with Crippen LogP contribution in [-0.2, 0) is 0 Å². The first kappa shape index (κ1) is 9.56. The zero-order valence-electron chi connectivity index (χ0n) is 7.83. The van der Waals surface area contributed by atoms with Crippen molar-refractivity contribution in [1.29, 1.82) is 15.8 Å². The molecule has 0 heterocycles. The van der Waals surface area contributed by atoms with Gasteiger partial charge in [0.25, 0.3) is 0 Å². The molecule has 3 heteroatoms. The number of rotatable bonds is 2. The zero-order valence-corrected chi connectivity index (χ0v) is 7.83. The molecule has 0 aliphatic heterocycles. The van der Waals surface area contributed by atoms with Crippen molar-refractivity contribution in [3.63, 3.8) is 0 Å². The highest BCUT2D eigenvalue weighted by Gasteiger charge is 2.63. The van der Waals surface area contributed by atoms with E-state index >= 15 is 0 Å². The zero-order chi connectivity index (χ0) is 10.1. The van der Waals surface area contributed by atoms with Gasteiger partial charge in [0.15, 0.2) is 0 Å². The summed E-state index contributed by atoms with van der Waals surface area (Å²) in [5.74, 6) is 0.214. The van der Waals surface area contributed by atoms with Crippen molar-refractivity contribution in [3.8, 4) is 18.2 Å². The van der Waals surface area contributed by atoms with Crippen molar-refractivity contribution < 1.29 is 0 Å². The van der Waals surface area contributed by atoms with Crippen molar-refractivity contribution in [3.05, 3.63) is 0 Å². The molecule has 13 heavy (non-hydrogen) atoms. The second kappa shape index (κ2) is 2.75. The first-order valence-electron chi connectivity index (χ1n) is 4.32. The number of nitriles is 3. The van der Waals surface area contributed by atoms with Gasteiger partial charge in [-0.3, -0.25) is 0 Å². The Kier molecular flexibility index (Phi) is 2.02. The molecule has 0 atom stereocenters. The Labute approximate surface area is 78.2 Å². The largest absolute Gasteiger partial charge is 0.234 e. The van der Waals surface area contributed by atoms with Crippen molar-refractivity contribution in [1.82, 2.24) is 0 Å². The summed E-state index contributed by atoms with van der Waals surface area (Å²) in [6.45, 7) is 3.93.